The number of primary sulfonamides is 1. The van der Waals surface area contributed by atoms with Crippen molar-refractivity contribution in [3.63, 3.8) is 0 Å². The molecule has 1 aliphatic carbocycles. The summed E-state index contributed by atoms with van der Waals surface area (Å²) in [7, 11) is -3.42. The summed E-state index contributed by atoms with van der Waals surface area (Å²) in [5.74, 6) is 0.0740. The minimum Gasteiger partial charge on any atom is -0.228 e. The SMILES string of the molecule is NS(=O)(=O)C1CCCCC1c1ccccc1. The highest BCUT2D eigenvalue weighted by atomic mass is 32.2. The third-order valence-electron chi connectivity index (χ3n) is 3.35. The Labute approximate surface area is 96.7 Å². The van der Waals surface area contributed by atoms with E-state index >= 15 is 0 Å². The summed E-state index contributed by atoms with van der Waals surface area (Å²) in [5, 5.41) is 4.91. The van der Waals surface area contributed by atoms with E-state index < -0.39 is 15.3 Å². The zero-order valence-electron chi connectivity index (χ0n) is 9.17. The Bertz CT molecular complexity index is 441. The monoisotopic (exact) mass is 239 g/mol. The van der Waals surface area contributed by atoms with Gasteiger partial charge in [-0.2, -0.15) is 0 Å². The van der Waals surface area contributed by atoms with Crippen molar-refractivity contribution in [2.45, 2.75) is 36.9 Å². The molecular weight excluding hydrogens is 222 g/mol. The number of rotatable bonds is 2. The standard InChI is InChI=1S/C12H17NO2S/c13-16(14,15)12-9-5-4-8-11(12)10-6-2-1-3-7-10/h1-3,6-7,11-12H,4-5,8-9H2,(H2,13,14,15). The van der Waals surface area contributed by atoms with E-state index in [9.17, 15) is 8.42 Å². The molecule has 1 aromatic carbocycles. The number of nitrogens with two attached hydrogens (primary N) is 1. The molecule has 88 valence electrons. The van der Waals surface area contributed by atoms with E-state index in [0.717, 1.165) is 24.8 Å². The first-order valence-electron chi connectivity index (χ1n) is 5.65. The second-order valence-corrected chi connectivity index (χ2v) is 6.21. The van der Waals surface area contributed by atoms with E-state index in [1.807, 2.05) is 30.3 Å². The van der Waals surface area contributed by atoms with Crippen molar-refractivity contribution in [2.24, 2.45) is 5.14 Å². The Morgan fingerprint density at radius 2 is 1.69 bits per heavy atom. The average molecular weight is 239 g/mol. The van der Waals surface area contributed by atoms with Crippen LogP contribution < -0.4 is 5.14 Å². The van der Waals surface area contributed by atoms with Crippen LogP contribution in [0.1, 0.15) is 37.2 Å². The van der Waals surface area contributed by atoms with Crippen molar-refractivity contribution in [1.29, 1.82) is 0 Å². The van der Waals surface area contributed by atoms with Crippen LogP contribution in [0, 0.1) is 0 Å². The fourth-order valence-electron chi connectivity index (χ4n) is 2.57. The Hall–Kier alpha value is -0.870. The first kappa shape index (κ1) is 11.6. The summed E-state index contributed by atoms with van der Waals surface area (Å²) < 4.78 is 23.1. The van der Waals surface area contributed by atoms with Gasteiger partial charge in [0.05, 0.1) is 5.25 Å². The van der Waals surface area contributed by atoms with Gasteiger partial charge < -0.3 is 0 Å². The van der Waals surface area contributed by atoms with Crippen LogP contribution in [-0.4, -0.2) is 13.7 Å². The van der Waals surface area contributed by atoms with Gasteiger partial charge in [-0.1, -0.05) is 43.2 Å². The smallest absolute Gasteiger partial charge is 0.212 e. The molecule has 1 saturated carbocycles. The van der Waals surface area contributed by atoms with E-state index in [1.165, 1.54) is 0 Å². The van der Waals surface area contributed by atoms with E-state index in [2.05, 4.69) is 0 Å². The fourth-order valence-corrected chi connectivity index (χ4v) is 3.82. The molecule has 2 rings (SSSR count). The third kappa shape index (κ3) is 2.44. The lowest BCUT2D eigenvalue weighted by molar-refractivity contribution is 0.434. The van der Waals surface area contributed by atoms with Crippen LogP contribution in [0.15, 0.2) is 30.3 Å². The normalized spacial score (nSPS) is 26.6. The highest BCUT2D eigenvalue weighted by molar-refractivity contribution is 7.89. The van der Waals surface area contributed by atoms with Crippen LogP contribution >= 0.6 is 0 Å². The van der Waals surface area contributed by atoms with Crippen LogP contribution in [-0.2, 0) is 10.0 Å². The summed E-state index contributed by atoms with van der Waals surface area (Å²) in [6.45, 7) is 0. The lowest BCUT2D eigenvalue weighted by Gasteiger charge is -2.30. The lowest BCUT2D eigenvalue weighted by atomic mass is 9.83. The van der Waals surface area contributed by atoms with Crippen LogP contribution in [0.5, 0.6) is 0 Å². The second-order valence-electron chi connectivity index (χ2n) is 4.43. The second kappa shape index (κ2) is 4.55. The highest BCUT2D eigenvalue weighted by Gasteiger charge is 2.33. The molecule has 16 heavy (non-hydrogen) atoms. The van der Waals surface area contributed by atoms with Crippen molar-refractivity contribution < 1.29 is 8.42 Å². The van der Waals surface area contributed by atoms with Gasteiger partial charge in [0.1, 0.15) is 0 Å². The highest BCUT2D eigenvalue weighted by Crippen LogP contribution is 2.35. The summed E-state index contributed by atoms with van der Waals surface area (Å²) in [6.07, 6.45) is 3.67. The van der Waals surface area contributed by atoms with E-state index in [4.69, 9.17) is 5.14 Å². The van der Waals surface area contributed by atoms with E-state index in [-0.39, 0.29) is 5.92 Å². The largest absolute Gasteiger partial charge is 0.228 e. The van der Waals surface area contributed by atoms with Crippen LogP contribution in [0.4, 0.5) is 0 Å². The molecule has 0 saturated heterocycles. The molecule has 0 spiro atoms. The van der Waals surface area contributed by atoms with Gasteiger partial charge in [0.2, 0.25) is 10.0 Å². The van der Waals surface area contributed by atoms with Gasteiger partial charge in [0.25, 0.3) is 0 Å². The predicted molar refractivity (Wildman–Crippen MR) is 64.5 cm³/mol. The molecule has 4 heteroatoms. The molecule has 1 aliphatic rings. The van der Waals surface area contributed by atoms with Crippen molar-refractivity contribution in [1.82, 2.24) is 0 Å². The van der Waals surface area contributed by atoms with Crippen molar-refractivity contribution in [2.75, 3.05) is 0 Å². The van der Waals surface area contributed by atoms with Gasteiger partial charge in [-0.25, -0.2) is 13.6 Å². The molecule has 0 aromatic heterocycles. The molecule has 0 amide bonds. The van der Waals surface area contributed by atoms with Crippen LogP contribution in [0.3, 0.4) is 0 Å². The van der Waals surface area contributed by atoms with Crippen LogP contribution in [0.25, 0.3) is 0 Å². The van der Waals surface area contributed by atoms with Gasteiger partial charge in [0.15, 0.2) is 0 Å². The zero-order chi connectivity index (χ0) is 11.6. The maximum Gasteiger partial charge on any atom is 0.212 e. The summed E-state index contributed by atoms with van der Waals surface area (Å²) >= 11 is 0. The third-order valence-corrected chi connectivity index (χ3v) is 4.76. The number of hydrogen-bond acceptors (Lipinski definition) is 2. The molecular formula is C12H17NO2S. The first-order chi connectivity index (χ1) is 7.59. The maximum atomic E-state index is 11.5. The Balaban J connectivity index is 2.31. The molecule has 1 aromatic rings. The molecule has 0 heterocycles. The van der Waals surface area contributed by atoms with Gasteiger partial charge in [-0.3, -0.25) is 0 Å². The quantitative estimate of drug-likeness (QED) is 0.858. The molecule has 0 bridgehead atoms. The van der Waals surface area contributed by atoms with Gasteiger partial charge in [0, 0.05) is 5.92 Å². The summed E-state index contributed by atoms with van der Waals surface area (Å²) in [4.78, 5) is 0. The number of sulfonamides is 1. The molecule has 1 fully saturated rings. The zero-order valence-corrected chi connectivity index (χ0v) is 9.99. The predicted octanol–water partition coefficient (Wildman–Crippen LogP) is 2.00. The minimum atomic E-state index is -3.42. The Morgan fingerprint density at radius 1 is 1.06 bits per heavy atom. The molecule has 0 radical (unpaired) electrons. The molecule has 2 unspecified atom stereocenters. The van der Waals surface area contributed by atoms with E-state index in [0.29, 0.717) is 6.42 Å². The molecule has 2 N–H and O–H groups in total. The van der Waals surface area contributed by atoms with Crippen molar-refractivity contribution in [3.8, 4) is 0 Å². The van der Waals surface area contributed by atoms with Crippen molar-refractivity contribution >= 4 is 10.0 Å². The van der Waals surface area contributed by atoms with Crippen molar-refractivity contribution in [3.05, 3.63) is 35.9 Å². The Morgan fingerprint density at radius 3 is 2.31 bits per heavy atom. The maximum absolute atomic E-state index is 11.5. The molecule has 2 atom stereocenters. The fraction of sp³-hybridized carbons (Fsp3) is 0.500. The minimum absolute atomic E-state index is 0.0740. The van der Waals surface area contributed by atoms with Gasteiger partial charge >= 0.3 is 0 Å². The summed E-state index contributed by atoms with van der Waals surface area (Å²) in [5.41, 5.74) is 1.10. The topological polar surface area (TPSA) is 60.2 Å². The van der Waals surface area contributed by atoms with E-state index in [1.54, 1.807) is 0 Å². The number of hydrogen-bond donors (Lipinski definition) is 1. The van der Waals surface area contributed by atoms with Gasteiger partial charge in [-0.15, -0.1) is 0 Å². The Kier molecular flexibility index (Phi) is 3.30. The first-order valence-corrected chi connectivity index (χ1v) is 7.26. The summed E-state index contributed by atoms with van der Waals surface area (Å²) in [6, 6.07) is 9.83. The average Bonchev–Trinajstić information content (AvgIpc) is 2.29. The molecule has 0 aliphatic heterocycles. The number of benzene rings is 1. The van der Waals surface area contributed by atoms with Gasteiger partial charge in [-0.05, 0) is 18.4 Å². The molecule has 3 nitrogen and oxygen atoms in total. The van der Waals surface area contributed by atoms with Crippen LogP contribution in [0.2, 0.25) is 0 Å². The lowest BCUT2D eigenvalue weighted by Crippen LogP contribution is -2.36.